The fourth-order valence-corrected chi connectivity index (χ4v) is 3.46. The van der Waals surface area contributed by atoms with Crippen LogP contribution in [-0.2, 0) is 21.5 Å². The van der Waals surface area contributed by atoms with Gasteiger partial charge < -0.3 is 16.0 Å². The molecule has 1 aliphatic rings. The van der Waals surface area contributed by atoms with Gasteiger partial charge in [-0.1, -0.05) is 37.3 Å². The molecule has 1 aliphatic heterocycles. The zero-order valence-corrected chi connectivity index (χ0v) is 15.3. The number of amides is 2. The van der Waals surface area contributed by atoms with Gasteiger partial charge in [0.05, 0.1) is 17.7 Å². The molecule has 3 aromatic rings. The molecule has 2 heterocycles. The predicted molar refractivity (Wildman–Crippen MR) is 107 cm³/mol. The van der Waals surface area contributed by atoms with Gasteiger partial charge in [0.15, 0.2) is 0 Å². The molecule has 0 aliphatic carbocycles. The number of carbonyl (C=O) groups excluding carboxylic acids is 2. The molecule has 5 N–H and O–H groups in total. The van der Waals surface area contributed by atoms with Crippen molar-refractivity contribution in [2.24, 2.45) is 10.7 Å². The highest BCUT2D eigenvalue weighted by atomic mass is 16.2. The normalized spacial score (nSPS) is 18.8. The average molecular weight is 376 g/mol. The van der Waals surface area contributed by atoms with Crippen molar-refractivity contribution >= 4 is 34.2 Å². The summed E-state index contributed by atoms with van der Waals surface area (Å²) < 4.78 is 0. The summed E-state index contributed by atoms with van der Waals surface area (Å²) in [4.78, 5) is 37.4. The number of aliphatic imine (C=N–C) groups is 1. The van der Waals surface area contributed by atoms with Crippen LogP contribution in [0, 0.1) is 0 Å². The summed E-state index contributed by atoms with van der Waals surface area (Å²) in [6.07, 6.45) is 0.756. The molecule has 0 saturated carbocycles. The summed E-state index contributed by atoms with van der Waals surface area (Å²) in [6.45, 7) is 2.08. The lowest BCUT2D eigenvalue weighted by atomic mass is 9.91. The number of aromatic amines is 1. The molecule has 142 valence electrons. The Kier molecular flexibility index (Phi) is 4.40. The number of nitrogens with zero attached hydrogens (tertiary/aromatic N) is 2. The number of nitrogens with two attached hydrogens (primary N) is 1. The van der Waals surface area contributed by atoms with Crippen LogP contribution in [0.25, 0.3) is 11.0 Å². The number of primary amides is 1. The number of aromatic nitrogens is 2. The van der Waals surface area contributed by atoms with Crippen molar-refractivity contribution in [3.05, 3.63) is 59.9 Å². The molecule has 0 radical (unpaired) electrons. The second-order valence-electron chi connectivity index (χ2n) is 6.52. The minimum atomic E-state index is -1.62. The molecule has 1 atom stereocenters. The van der Waals surface area contributed by atoms with Gasteiger partial charge in [0, 0.05) is 5.69 Å². The van der Waals surface area contributed by atoms with Crippen LogP contribution >= 0.6 is 0 Å². The maximum Gasteiger partial charge on any atom is 0.272 e. The van der Waals surface area contributed by atoms with E-state index in [4.69, 9.17) is 5.73 Å². The molecule has 1 aromatic heterocycles. The molecule has 2 aromatic carbocycles. The van der Waals surface area contributed by atoms with Gasteiger partial charge in [-0.15, -0.1) is 0 Å². The van der Waals surface area contributed by atoms with Gasteiger partial charge in [0.1, 0.15) is 11.5 Å². The number of anilines is 1. The molecule has 1 unspecified atom stereocenters. The Bertz CT molecular complexity index is 1070. The third-order valence-electron chi connectivity index (χ3n) is 4.91. The third-order valence-corrected chi connectivity index (χ3v) is 4.91. The number of rotatable bonds is 5. The van der Waals surface area contributed by atoms with Crippen LogP contribution in [0.4, 0.5) is 5.69 Å². The highest BCUT2D eigenvalue weighted by Gasteiger charge is 2.52. The summed E-state index contributed by atoms with van der Waals surface area (Å²) in [5.41, 5.74) is 7.18. The standard InChI is InChI=1S/C20H20N6O2/c1-2-12-7-3-4-8-13(12)24-17(27)16-20(18(21)28,23-11-22-16)19-25-14-9-5-6-10-15(14)26-19/h3-10,23H,2,11H2,1H3,(H2,21,28)(H,24,27)(H,25,26). The maximum absolute atomic E-state index is 13.1. The van der Waals surface area contributed by atoms with E-state index >= 15 is 0 Å². The van der Waals surface area contributed by atoms with Gasteiger partial charge in [-0.3, -0.25) is 19.9 Å². The number of imidazole rings is 1. The largest absolute Gasteiger partial charge is 0.367 e. The molecule has 0 saturated heterocycles. The Morgan fingerprint density at radius 2 is 1.93 bits per heavy atom. The van der Waals surface area contributed by atoms with Crippen LogP contribution in [0.5, 0.6) is 0 Å². The van der Waals surface area contributed by atoms with E-state index < -0.39 is 17.4 Å². The van der Waals surface area contributed by atoms with Crippen LogP contribution in [0.15, 0.2) is 53.5 Å². The van der Waals surface area contributed by atoms with E-state index in [-0.39, 0.29) is 18.2 Å². The van der Waals surface area contributed by atoms with E-state index in [9.17, 15) is 9.59 Å². The molecule has 0 spiro atoms. The van der Waals surface area contributed by atoms with Crippen molar-refractivity contribution < 1.29 is 9.59 Å². The molecule has 4 rings (SSSR count). The third kappa shape index (κ3) is 2.74. The second kappa shape index (κ2) is 6.90. The summed E-state index contributed by atoms with van der Waals surface area (Å²) in [6, 6.07) is 14.8. The van der Waals surface area contributed by atoms with E-state index in [2.05, 4.69) is 25.6 Å². The fourth-order valence-electron chi connectivity index (χ4n) is 3.46. The van der Waals surface area contributed by atoms with Gasteiger partial charge in [-0.05, 0) is 30.2 Å². The first-order valence-corrected chi connectivity index (χ1v) is 9.00. The first kappa shape index (κ1) is 17.9. The fraction of sp³-hybridized carbons (Fsp3) is 0.200. The van der Waals surface area contributed by atoms with Gasteiger partial charge in [0.2, 0.25) is 5.54 Å². The first-order valence-electron chi connectivity index (χ1n) is 9.00. The lowest BCUT2D eigenvalue weighted by Gasteiger charge is -2.25. The van der Waals surface area contributed by atoms with Crippen LogP contribution in [0.2, 0.25) is 0 Å². The van der Waals surface area contributed by atoms with Crippen molar-refractivity contribution in [2.45, 2.75) is 18.9 Å². The van der Waals surface area contributed by atoms with Crippen LogP contribution < -0.4 is 16.4 Å². The van der Waals surface area contributed by atoms with Crippen molar-refractivity contribution in [2.75, 3.05) is 12.0 Å². The summed E-state index contributed by atoms with van der Waals surface area (Å²) in [5, 5.41) is 5.82. The zero-order valence-electron chi connectivity index (χ0n) is 15.3. The molecule has 2 amide bonds. The zero-order chi connectivity index (χ0) is 19.7. The number of para-hydroxylation sites is 3. The van der Waals surface area contributed by atoms with Crippen LogP contribution in [-0.4, -0.2) is 34.2 Å². The summed E-state index contributed by atoms with van der Waals surface area (Å²) in [5.74, 6) is -0.997. The molecule has 0 bridgehead atoms. The van der Waals surface area contributed by atoms with Crippen LogP contribution in [0.3, 0.4) is 0 Å². The number of hydrogen-bond donors (Lipinski definition) is 4. The van der Waals surface area contributed by atoms with Crippen molar-refractivity contribution in [1.82, 2.24) is 15.3 Å². The van der Waals surface area contributed by atoms with E-state index in [0.29, 0.717) is 11.2 Å². The average Bonchev–Trinajstić information content (AvgIpc) is 3.33. The summed E-state index contributed by atoms with van der Waals surface area (Å²) in [7, 11) is 0. The topological polar surface area (TPSA) is 125 Å². The van der Waals surface area contributed by atoms with Crippen LogP contribution in [0.1, 0.15) is 18.3 Å². The van der Waals surface area contributed by atoms with E-state index in [1.54, 1.807) is 0 Å². The van der Waals surface area contributed by atoms with Gasteiger partial charge in [-0.2, -0.15) is 0 Å². The number of fused-ring (bicyclic) bond motifs is 1. The number of H-pyrrole nitrogens is 1. The minimum absolute atomic E-state index is 0.00929. The maximum atomic E-state index is 13.1. The number of carbonyl (C=O) groups is 2. The van der Waals surface area contributed by atoms with E-state index in [0.717, 1.165) is 17.5 Å². The van der Waals surface area contributed by atoms with E-state index in [1.807, 2.05) is 55.5 Å². The number of benzene rings is 2. The van der Waals surface area contributed by atoms with Gasteiger partial charge in [0.25, 0.3) is 11.8 Å². The molecular weight excluding hydrogens is 356 g/mol. The Hall–Kier alpha value is -3.52. The quantitative estimate of drug-likeness (QED) is 0.538. The van der Waals surface area contributed by atoms with Crippen molar-refractivity contribution in [3.63, 3.8) is 0 Å². The molecule has 0 fully saturated rings. The minimum Gasteiger partial charge on any atom is -0.367 e. The van der Waals surface area contributed by atoms with Crippen molar-refractivity contribution in [3.8, 4) is 0 Å². The Labute approximate surface area is 161 Å². The monoisotopic (exact) mass is 376 g/mol. The van der Waals surface area contributed by atoms with Gasteiger partial charge in [-0.25, -0.2) is 4.98 Å². The van der Waals surface area contributed by atoms with Gasteiger partial charge >= 0.3 is 0 Å². The number of hydrogen-bond acceptors (Lipinski definition) is 5. The Morgan fingerprint density at radius 1 is 1.18 bits per heavy atom. The van der Waals surface area contributed by atoms with Crippen molar-refractivity contribution in [1.29, 1.82) is 0 Å². The SMILES string of the molecule is CCc1ccccc1NC(=O)C1=NCNC1(C(N)=O)c1nc2ccccc2[nH]1. The molecule has 28 heavy (non-hydrogen) atoms. The highest BCUT2D eigenvalue weighted by Crippen LogP contribution is 2.28. The highest BCUT2D eigenvalue weighted by molar-refractivity contribution is 6.50. The lowest BCUT2D eigenvalue weighted by molar-refractivity contribution is -0.123. The lowest BCUT2D eigenvalue weighted by Crippen LogP contribution is -2.58. The Morgan fingerprint density at radius 3 is 2.68 bits per heavy atom. The number of aryl methyl sites for hydroxylation is 1. The molecule has 8 heteroatoms. The van der Waals surface area contributed by atoms with E-state index in [1.165, 1.54) is 0 Å². The predicted octanol–water partition coefficient (Wildman–Crippen LogP) is 1.45. The molecular formula is C20H20N6O2. The number of nitrogens with one attached hydrogen (secondary N) is 3. The second-order valence-corrected chi connectivity index (χ2v) is 6.52. The summed E-state index contributed by atoms with van der Waals surface area (Å²) >= 11 is 0. The smallest absolute Gasteiger partial charge is 0.272 e. The Balaban J connectivity index is 1.75. The first-order chi connectivity index (χ1) is 13.6. The molecule has 8 nitrogen and oxygen atoms in total.